The lowest BCUT2D eigenvalue weighted by Crippen LogP contribution is -2.51. The molecule has 8 nitrogen and oxygen atoms in total. The van der Waals surface area contributed by atoms with E-state index in [1.807, 2.05) is 0 Å². The molecule has 1 aliphatic heterocycles. The van der Waals surface area contributed by atoms with Crippen LogP contribution < -0.4 is 16.0 Å². The Morgan fingerprint density at radius 3 is 2.59 bits per heavy atom. The zero-order valence-electron chi connectivity index (χ0n) is 19.1. The molecule has 0 radical (unpaired) electrons. The SMILES string of the molecule is O=C[C@H](C[C@@H]1CCNC1=O)NC(=O)[C@H](CC1CCCCC1)NC(=O)c1cc2c(F)cccc2[nH]1. The van der Waals surface area contributed by atoms with Gasteiger partial charge in [-0.05, 0) is 43.4 Å². The predicted octanol–water partition coefficient (Wildman–Crippen LogP) is 2.59. The van der Waals surface area contributed by atoms with Crippen LogP contribution in [0.4, 0.5) is 4.39 Å². The number of halogens is 1. The predicted molar refractivity (Wildman–Crippen MR) is 124 cm³/mol. The number of fused-ring (bicyclic) bond motifs is 1. The summed E-state index contributed by atoms with van der Waals surface area (Å²) in [5.41, 5.74) is 0.658. The maximum atomic E-state index is 14.1. The topological polar surface area (TPSA) is 120 Å². The second-order valence-electron chi connectivity index (χ2n) is 9.41. The maximum Gasteiger partial charge on any atom is 0.268 e. The molecular weight excluding hydrogens is 439 g/mol. The number of nitrogens with one attached hydrogen (secondary N) is 4. The van der Waals surface area contributed by atoms with Crippen LogP contribution in [0.5, 0.6) is 0 Å². The Balaban J connectivity index is 1.47. The van der Waals surface area contributed by atoms with Crippen molar-refractivity contribution < 1.29 is 23.6 Å². The van der Waals surface area contributed by atoms with Crippen molar-refractivity contribution in [3.05, 3.63) is 35.8 Å². The standard InChI is InChI=1S/C25H31FN4O4/c26-19-7-4-8-20-18(19)13-22(29-20)25(34)30-21(11-15-5-2-1-3-6-15)24(33)28-17(14-31)12-16-9-10-27-23(16)32/h4,7-8,13-17,21,29H,1-3,5-6,9-12H2,(H,27,32)(H,28,33)(H,30,34)/t16-,17-,21-/m0/s1. The first-order valence-corrected chi connectivity index (χ1v) is 12.1. The summed E-state index contributed by atoms with van der Waals surface area (Å²) in [7, 11) is 0. The van der Waals surface area contributed by atoms with Crippen molar-refractivity contribution in [2.24, 2.45) is 11.8 Å². The average molecular weight is 471 g/mol. The van der Waals surface area contributed by atoms with Gasteiger partial charge in [-0.25, -0.2) is 4.39 Å². The molecule has 182 valence electrons. The molecule has 3 amide bonds. The van der Waals surface area contributed by atoms with E-state index < -0.39 is 29.7 Å². The van der Waals surface area contributed by atoms with Gasteiger partial charge in [0.15, 0.2) is 0 Å². The van der Waals surface area contributed by atoms with Gasteiger partial charge in [0.2, 0.25) is 11.8 Å². The molecule has 1 aliphatic carbocycles. The maximum absolute atomic E-state index is 14.1. The van der Waals surface area contributed by atoms with Crippen molar-refractivity contribution in [1.29, 1.82) is 0 Å². The number of aromatic amines is 1. The van der Waals surface area contributed by atoms with Crippen molar-refractivity contribution in [2.75, 3.05) is 6.54 Å². The third kappa shape index (κ3) is 5.63. The van der Waals surface area contributed by atoms with E-state index in [0.29, 0.717) is 42.5 Å². The highest BCUT2D eigenvalue weighted by Crippen LogP contribution is 2.28. The van der Waals surface area contributed by atoms with Crippen molar-refractivity contribution in [2.45, 2.75) is 63.5 Å². The highest BCUT2D eigenvalue weighted by Gasteiger charge is 2.31. The van der Waals surface area contributed by atoms with Crippen molar-refractivity contribution in [3.63, 3.8) is 0 Å². The number of aldehydes is 1. The minimum absolute atomic E-state index is 0.112. The van der Waals surface area contributed by atoms with E-state index in [0.717, 1.165) is 32.1 Å². The van der Waals surface area contributed by atoms with E-state index >= 15 is 0 Å². The Labute approximate surface area is 197 Å². The minimum Gasteiger partial charge on any atom is -0.356 e. The summed E-state index contributed by atoms with van der Waals surface area (Å²) in [5.74, 6) is -1.53. The number of amides is 3. The number of H-pyrrole nitrogens is 1. The quantitative estimate of drug-likeness (QED) is 0.421. The van der Waals surface area contributed by atoms with E-state index in [-0.39, 0.29) is 23.9 Å². The molecule has 0 spiro atoms. The molecule has 2 aromatic rings. The first kappa shape index (κ1) is 23.9. The minimum atomic E-state index is -0.841. The number of benzene rings is 1. The molecule has 0 bridgehead atoms. The van der Waals surface area contributed by atoms with Gasteiger partial charge in [-0.15, -0.1) is 0 Å². The van der Waals surface area contributed by atoms with Gasteiger partial charge in [-0.1, -0.05) is 38.2 Å². The average Bonchev–Trinajstić information content (AvgIpc) is 3.46. The molecular formula is C25H31FN4O4. The molecule has 4 rings (SSSR count). The Bertz CT molecular complexity index is 1060. The van der Waals surface area contributed by atoms with Gasteiger partial charge in [-0.3, -0.25) is 14.4 Å². The van der Waals surface area contributed by atoms with Crippen molar-refractivity contribution in [1.82, 2.24) is 20.9 Å². The molecule has 9 heteroatoms. The fraction of sp³-hybridized carbons (Fsp3) is 0.520. The summed E-state index contributed by atoms with van der Waals surface area (Å²) in [6.45, 7) is 0.564. The largest absolute Gasteiger partial charge is 0.356 e. The molecule has 1 aromatic carbocycles. The molecule has 2 aliphatic rings. The zero-order valence-corrected chi connectivity index (χ0v) is 19.1. The Morgan fingerprint density at radius 2 is 1.91 bits per heavy atom. The van der Waals surface area contributed by atoms with Crippen LogP contribution in [-0.2, 0) is 14.4 Å². The molecule has 34 heavy (non-hydrogen) atoms. The fourth-order valence-corrected chi connectivity index (χ4v) is 5.07. The molecule has 1 saturated heterocycles. The second kappa shape index (κ2) is 10.8. The van der Waals surface area contributed by atoms with Gasteiger partial charge in [0.05, 0.1) is 6.04 Å². The summed E-state index contributed by atoms with van der Waals surface area (Å²) in [4.78, 5) is 52.6. The van der Waals surface area contributed by atoms with Gasteiger partial charge in [-0.2, -0.15) is 0 Å². The van der Waals surface area contributed by atoms with E-state index in [2.05, 4.69) is 20.9 Å². The fourth-order valence-electron chi connectivity index (χ4n) is 5.07. The molecule has 3 atom stereocenters. The van der Waals surface area contributed by atoms with E-state index in [4.69, 9.17) is 0 Å². The third-order valence-corrected chi connectivity index (χ3v) is 6.96. The summed E-state index contributed by atoms with van der Waals surface area (Å²) in [6, 6.07) is 4.33. The number of rotatable bonds is 9. The van der Waals surface area contributed by atoms with Crippen LogP contribution in [0.2, 0.25) is 0 Å². The summed E-state index contributed by atoms with van der Waals surface area (Å²) >= 11 is 0. The Morgan fingerprint density at radius 1 is 1.12 bits per heavy atom. The molecule has 2 fully saturated rings. The lowest BCUT2D eigenvalue weighted by atomic mass is 9.84. The second-order valence-corrected chi connectivity index (χ2v) is 9.41. The molecule has 4 N–H and O–H groups in total. The molecule has 2 heterocycles. The Kier molecular flexibility index (Phi) is 7.59. The van der Waals surface area contributed by atoms with Crippen LogP contribution >= 0.6 is 0 Å². The van der Waals surface area contributed by atoms with Gasteiger partial charge in [0.25, 0.3) is 5.91 Å². The normalized spacial score (nSPS) is 20.5. The van der Waals surface area contributed by atoms with Crippen LogP contribution in [-0.4, -0.2) is 47.6 Å². The number of hydrogen-bond acceptors (Lipinski definition) is 4. The van der Waals surface area contributed by atoms with Gasteiger partial charge in [0.1, 0.15) is 23.8 Å². The van der Waals surface area contributed by atoms with Crippen LogP contribution in [0, 0.1) is 17.7 Å². The van der Waals surface area contributed by atoms with Gasteiger partial charge >= 0.3 is 0 Å². The summed E-state index contributed by atoms with van der Waals surface area (Å²) in [6.07, 6.45) is 7.25. The number of carbonyl (C=O) groups excluding carboxylic acids is 4. The van der Waals surface area contributed by atoms with Crippen LogP contribution in [0.3, 0.4) is 0 Å². The lowest BCUT2D eigenvalue weighted by molar-refractivity contribution is -0.127. The van der Waals surface area contributed by atoms with E-state index in [9.17, 15) is 23.6 Å². The van der Waals surface area contributed by atoms with Gasteiger partial charge < -0.3 is 25.7 Å². The van der Waals surface area contributed by atoms with Crippen LogP contribution in [0.15, 0.2) is 24.3 Å². The lowest BCUT2D eigenvalue weighted by Gasteiger charge is -2.27. The summed E-state index contributed by atoms with van der Waals surface area (Å²) < 4.78 is 14.1. The monoisotopic (exact) mass is 470 g/mol. The van der Waals surface area contributed by atoms with E-state index in [1.165, 1.54) is 12.1 Å². The molecule has 0 unspecified atom stereocenters. The van der Waals surface area contributed by atoms with Crippen LogP contribution in [0.1, 0.15) is 61.9 Å². The number of aromatic nitrogens is 1. The first-order chi connectivity index (χ1) is 16.4. The Hall–Kier alpha value is -3.23. The zero-order chi connectivity index (χ0) is 24.1. The number of hydrogen-bond donors (Lipinski definition) is 4. The smallest absolute Gasteiger partial charge is 0.268 e. The molecule has 1 saturated carbocycles. The van der Waals surface area contributed by atoms with Gasteiger partial charge in [0, 0.05) is 23.4 Å². The third-order valence-electron chi connectivity index (χ3n) is 6.96. The van der Waals surface area contributed by atoms with E-state index in [1.54, 1.807) is 12.1 Å². The highest BCUT2D eigenvalue weighted by molar-refractivity contribution is 6.00. The molecule has 1 aromatic heterocycles. The van der Waals surface area contributed by atoms with Crippen molar-refractivity contribution in [3.8, 4) is 0 Å². The van der Waals surface area contributed by atoms with Crippen LogP contribution in [0.25, 0.3) is 10.9 Å². The summed E-state index contributed by atoms with van der Waals surface area (Å²) in [5, 5.41) is 8.55. The number of carbonyl (C=O) groups is 4. The first-order valence-electron chi connectivity index (χ1n) is 12.1. The highest BCUT2D eigenvalue weighted by atomic mass is 19.1. The van der Waals surface area contributed by atoms with Crippen molar-refractivity contribution >= 4 is 34.9 Å².